The Morgan fingerprint density at radius 3 is 2.69 bits per heavy atom. The summed E-state index contributed by atoms with van der Waals surface area (Å²) in [5.74, 6) is -0.0390. The SMILES string of the molecule is CC(NC1CCc2cc(OCc3c(Cl)cccc3Cl)ccc2C1)C(=O)O. The van der Waals surface area contributed by atoms with Crippen molar-refractivity contribution in [1.82, 2.24) is 5.32 Å². The summed E-state index contributed by atoms with van der Waals surface area (Å²) in [6, 6.07) is 11.1. The van der Waals surface area contributed by atoms with Gasteiger partial charge in [0.05, 0.1) is 0 Å². The molecule has 2 unspecified atom stereocenters. The third kappa shape index (κ3) is 4.50. The van der Waals surface area contributed by atoms with Crippen molar-refractivity contribution in [3.05, 3.63) is 63.1 Å². The van der Waals surface area contributed by atoms with Crippen molar-refractivity contribution in [2.45, 2.75) is 44.9 Å². The number of halogens is 2. The number of carbonyl (C=O) groups is 1. The van der Waals surface area contributed by atoms with Crippen LogP contribution >= 0.6 is 23.2 Å². The van der Waals surface area contributed by atoms with Gasteiger partial charge in [-0.05, 0) is 61.6 Å². The molecule has 6 heteroatoms. The number of hydrogen-bond donors (Lipinski definition) is 2. The van der Waals surface area contributed by atoms with Gasteiger partial charge in [0.15, 0.2) is 0 Å². The average molecular weight is 394 g/mol. The van der Waals surface area contributed by atoms with Crippen molar-refractivity contribution in [3.8, 4) is 5.75 Å². The fourth-order valence-corrected chi connectivity index (χ4v) is 3.72. The minimum Gasteiger partial charge on any atom is -0.489 e. The van der Waals surface area contributed by atoms with Gasteiger partial charge in [-0.15, -0.1) is 0 Å². The zero-order chi connectivity index (χ0) is 18.7. The molecule has 1 aliphatic carbocycles. The second kappa shape index (κ2) is 8.30. The Morgan fingerprint density at radius 2 is 2.00 bits per heavy atom. The molecule has 0 saturated heterocycles. The van der Waals surface area contributed by atoms with E-state index in [1.807, 2.05) is 12.1 Å². The quantitative estimate of drug-likeness (QED) is 0.758. The number of rotatable bonds is 6. The molecule has 4 nitrogen and oxygen atoms in total. The van der Waals surface area contributed by atoms with Crippen LogP contribution in [0.2, 0.25) is 10.0 Å². The van der Waals surface area contributed by atoms with Crippen molar-refractivity contribution in [1.29, 1.82) is 0 Å². The Hall–Kier alpha value is -1.75. The summed E-state index contributed by atoms with van der Waals surface area (Å²) in [5, 5.41) is 13.4. The highest BCUT2D eigenvalue weighted by Crippen LogP contribution is 2.29. The van der Waals surface area contributed by atoms with E-state index in [4.69, 9.17) is 33.0 Å². The first-order valence-corrected chi connectivity index (χ1v) is 9.36. The first-order chi connectivity index (χ1) is 12.4. The van der Waals surface area contributed by atoms with E-state index in [0.717, 1.165) is 30.6 Å². The molecule has 2 N–H and O–H groups in total. The number of fused-ring (bicyclic) bond motifs is 1. The van der Waals surface area contributed by atoms with Gasteiger partial charge in [-0.3, -0.25) is 4.79 Å². The van der Waals surface area contributed by atoms with Gasteiger partial charge in [0.1, 0.15) is 18.4 Å². The van der Waals surface area contributed by atoms with E-state index in [0.29, 0.717) is 16.7 Å². The average Bonchev–Trinajstić information content (AvgIpc) is 2.61. The van der Waals surface area contributed by atoms with Gasteiger partial charge in [0.2, 0.25) is 0 Å². The molecule has 0 radical (unpaired) electrons. The lowest BCUT2D eigenvalue weighted by atomic mass is 9.88. The molecular formula is C20H21Cl2NO3. The lowest BCUT2D eigenvalue weighted by Crippen LogP contribution is -2.44. The second-order valence-electron chi connectivity index (χ2n) is 6.59. The molecule has 0 bridgehead atoms. The molecule has 2 aromatic carbocycles. The monoisotopic (exact) mass is 393 g/mol. The Balaban J connectivity index is 1.64. The molecule has 0 fully saturated rings. The number of ether oxygens (including phenoxy) is 1. The van der Waals surface area contributed by atoms with E-state index >= 15 is 0 Å². The van der Waals surface area contributed by atoms with Crippen LogP contribution in [-0.2, 0) is 24.2 Å². The number of aryl methyl sites for hydroxylation is 1. The molecule has 0 aromatic heterocycles. The predicted octanol–water partition coefficient (Wildman–Crippen LogP) is 4.49. The van der Waals surface area contributed by atoms with Gasteiger partial charge in [0.25, 0.3) is 0 Å². The normalized spacial score (nSPS) is 17.4. The number of nitrogens with one attached hydrogen (secondary N) is 1. The van der Waals surface area contributed by atoms with Gasteiger partial charge in [0, 0.05) is 21.7 Å². The molecule has 2 aromatic rings. The third-order valence-electron chi connectivity index (χ3n) is 4.71. The van der Waals surface area contributed by atoms with Crippen LogP contribution in [0.3, 0.4) is 0 Å². The summed E-state index contributed by atoms with van der Waals surface area (Å²) in [4.78, 5) is 11.0. The van der Waals surface area contributed by atoms with Crippen molar-refractivity contribution < 1.29 is 14.6 Å². The molecule has 2 atom stereocenters. The predicted molar refractivity (Wildman–Crippen MR) is 103 cm³/mol. The van der Waals surface area contributed by atoms with Crippen LogP contribution in [0.1, 0.15) is 30.0 Å². The van der Waals surface area contributed by atoms with E-state index in [1.165, 1.54) is 11.1 Å². The fourth-order valence-electron chi connectivity index (χ4n) is 3.21. The van der Waals surface area contributed by atoms with Crippen LogP contribution in [0.5, 0.6) is 5.75 Å². The molecule has 0 saturated carbocycles. The summed E-state index contributed by atoms with van der Waals surface area (Å²) in [7, 11) is 0. The van der Waals surface area contributed by atoms with Gasteiger partial charge < -0.3 is 15.2 Å². The van der Waals surface area contributed by atoms with Crippen LogP contribution in [0, 0.1) is 0 Å². The lowest BCUT2D eigenvalue weighted by Gasteiger charge is -2.27. The van der Waals surface area contributed by atoms with E-state index in [2.05, 4.69) is 17.4 Å². The first-order valence-electron chi connectivity index (χ1n) is 8.60. The number of benzene rings is 2. The Bertz CT molecular complexity index is 789. The summed E-state index contributed by atoms with van der Waals surface area (Å²) >= 11 is 12.4. The topological polar surface area (TPSA) is 58.6 Å². The van der Waals surface area contributed by atoms with Crippen molar-refractivity contribution in [2.24, 2.45) is 0 Å². The largest absolute Gasteiger partial charge is 0.489 e. The number of aliphatic carboxylic acids is 1. The van der Waals surface area contributed by atoms with Crippen LogP contribution in [0.25, 0.3) is 0 Å². The van der Waals surface area contributed by atoms with Crippen LogP contribution in [0.4, 0.5) is 0 Å². The summed E-state index contributed by atoms with van der Waals surface area (Å²) in [6.07, 6.45) is 2.62. The molecular weight excluding hydrogens is 373 g/mol. The molecule has 138 valence electrons. The number of hydrogen-bond acceptors (Lipinski definition) is 3. The van der Waals surface area contributed by atoms with E-state index < -0.39 is 12.0 Å². The molecule has 0 aliphatic heterocycles. The third-order valence-corrected chi connectivity index (χ3v) is 5.42. The highest BCUT2D eigenvalue weighted by atomic mass is 35.5. The Morgan fingerprint density at radius 1 is 1.27 bits per heavy atom. The summed E-state index contributed by atoms with van der Waals surface area (Å²) in [6.45, 7) is 1.99. The molecule has 0 amide bonds. The Labute approximate surface area is 163 Å². The zero-order valence-electron chi connectivity index (χ0n) is 14.5. The van der Waals surface area contributed by atoms with Gasteiger partial charge in [-0.25, -0.2) is 0 Å². The highest BCUT2D eigenvalue weighted by molar-refractivity contribution is 6.35. The second-order valence-corrected chi connectivity index (χ2v) is 7.40. The van der Waals surface area contributed by atoms with Crippen LogP contribution in [-0.4, -0.2) is 23.2 Å². The first kappa shape index (κ1) is 19.0. The minimum absolute atomic E-state index is 0.183. The maximum absolute atomic E-state index is 11.0. The van der Waals surface area contributed by atoms with Gasteiger partial charge in [-0.1, -0.05) is 35.3 Å². The molecule has 0 heterocycles. The minimum atomic E-state index is -0.822. The van der Waals surface area contributed by atoms with Crippen molar-refractivity contribution in [2.75, 3.05) is 0 Å². The van der Waals surface area contributed by atoms with Gasteiger partial charge in [-0.2, -0.15) is 0 Å². The molecule has 0 spiro atoms. The number of carboxylic acid groups (broad SMARTS) is 1. The lowest BCUT2D eigenvalue weighted by molar-refractivity contribution is -0.139. The molecule has 26 heavy (non-hydrogen) atoms. The fraction of sp³-hybridized carbons (Fsp3) is 0.350. The van der Waals surface area contributed by atoms with E-state index in [-0.39, 0.29) is 6.04 Å². The maximum Gasteiger partial charge on any atom is 0.320 e. The van der Waals surface area contributed by atoms with Gasteiger partial charge >= 0.3 is 5.97 Å². The smallest absolute Gasteiger partial charge is 0.320 e. The summed E-state index contributed by atoms with van der Waals surface area (Å²) < 4.78 is 5.88. The zero-order valence-corrected chi connectivity index (χ0v) is 16.0. The standard InChI is InChI=1S/C20H21Cl2NO3/c1-12(20(24)25)23-15-7-5-14-10-16(8-6-13(14)9-15)26-11-17-18(21)3-2-4-19(17)22/h2-4,6,8,10,12,15,23H,5,7,9,11H2,1H3,(H,24,25). The molecule has 3 rings (SSSR count). The van der Waals surface area contributed by atoms with Crippen molar-refractivity contribution >= 4 is 29.2 Å². The van der Waals surface area contributed by atoms with Crippen molar-refractivity contribution in [3.63, 3.8) is 0 Å². The Kier molecular flexibility index (Phi) is 6.07. The van der Waals surface area contributed by atoms with Crippen LogP contribution < -0.4 is 10.1 Å². The molecule has 1 aliphatic rings. The van der Waals surface area contributed by atoms with Crippen LogP contribution in [0.15, 0.2) is 36.4 Å². The van der Waals surface area contributed by atoms with E-state index in [1.54, 1.807) is 19.1 Å². The highest BCUT2D eigenvalue weighted by Gasteiger charge is 2.22. The number of carboxylic acids is 1. The summed E-state index contributed by atoms with van der Waals surface area (Å²) in [5.41, 5.74) is 3.25. The maximum atomic E-state index is 11.0. The van der Waals surface area contributed by atoms with E-state index in [9.17, 15) is 4.79 Å².